The largest absolute Gasteiger partial charge is 0.349 e. The maximum Gasteiger partial charge on any atom is 0.240 e. The van der Waals surface area contributed by atoms with Crippen LogP contribution in [0.15, 0.2) is 35.2 Å². The second kappa shape index (κ2) is 7.87. The van der Waals surface area contributed by atoms with Crippen LogP contribution in [0.1, 0.15) is 35.0 Å². The van der Waals surface area contributed by atoms with Crippen molar-refractivity contribution in [2.24, 2.45) is 0 Å². The predicted octanol–water partition coefficient (Wildman–Crippen LogP) is 2.31. The summed E-state index contributed by atoms with van der Waals surface area (Å²) < 4.78 is 26.5. The van der Waals surface area contributed by atoms with E-state index >= 15 is 0 Å². The third-order valence-electron chi connectivity index (χ3n) is 3.41. The highest BCUT2D eigenvalue weighted by Gasteiger charge is 2.17. The van der Waals surface area contributed by atoms with Gasteiger partial charge in [-0.15, -0.1) is 11.3 Å². The van der Waals surface area contributed by atoms with Gasteiger partial charge in [-0.1, -0.05) is 18.2 Å². The van der Waals surface area contributed by atoms with Crippen LogP contribution in [0.5, 0.6) is 0 Å². The van der Waals surface area contributed by atoms with Crippen LogP contribution < -0.4 is 10.0 Å². The minimum absolute atomic E-state index is 0.0521. The molecule has 2 N–H and O–H groups in total. The molecule has 1 aromatic carbocycles. The van der Waals surface area contributed by atoms with Crippen molar-refractivity contribution in [1.82, 2.24) is 15.0 Å². The van der Waals surface area contributed by atoms with E-state index in [4.69, 9.17) is 0 Å². The van der Waals surface area contributed by atoms with Crippen LogP contribution in [0.4, 0.5) is 0 Å². The van der Waals surface area contributed by atoms with Gasteiger partial charge in [0.2, 0.25) is 15.9 Å². The van der Waals surface area contributed by atoms with Crippen molar-refractivity contribution in [2.45, 2.75) is 38.1 Å². The average molecular weight is 367 g/mol. The molecule has 0 aliphatic carbocycles. The molecule has 0 fully saturated rings. The van der Waals surface area contributed by atoms with Crippen molar-refractivity contribution in [3.05, 3.63) is 45.9 Å². The Hall–Kier alpha value is -1.77. The molecule has 0 aliphatic heterocycles. The fourth-order valence-electron chi connectivity index (χ4n) is 2.31. The molecule has 2 aromatic rings. The maximum atomic E-state index is 12.1. The van der Waals surface area contributed by atoms with E-state index < -0.39 is 10.0 Å². The van der Waals surface area contributed by atoms with E-state index in [-0.39, 0.29) is 29.8 Å². The second-order valence-electron chi connectivity index (χ2n) is 5.43. The molecule has 6 nitrogen and oxygen atoms in total. The normalized spacial score (nSPS) is 12.8. The van der Waals surface area contributed by atoms with Crippen molar-refractivity contribution >= 4 is 27.3 Å². The van der Waals surface area contributed by atoms with Crippen molar-refractivity contribution in [2.75, 3.05) is 6.54 Å². The first-order valence-corrected chi connectivity index (χ1v) is 9.87. The minimum Gasteiger partial charge on any atom is -0.349 e. The number of aryl methyl sites for hydroxylation is 2. The zero-order valence-electron chi connectivity index (χ0n) is 13.9. The van der Waals surface area contributed by atoms with Gasteiger partial charge in [0, 0.05) is 17.8 Å². The lowest BCUT2D eigenvalue weighted by Gasteiger charge is -2.13. The van der Waals surface area contributed by atoms with E-state index in [1.807, 2.05) is 20.8 Å². The molecule has 1 unspecified atom stereocenters. The van der Waals surface area contributed by atoms with Crippen LogP contribution >= 0.6 is 11.3 Å². The molecule has 0 saturated carbocycles. The molecule has 0 radical (unpaired) electrons. The Morgan fingerprint density at radius 1 is 1.25 bits per heavy atom. The van der Waals surface area contributed by atoms with Crippen molar-refractivity contribution in [3.63, 3.8) is 0 Å². The average Bonchev–Trinajstić information content (AvgIpc) is 2.86. The van der Waals surface area contributed by atoms with Crippen LogP contribution in [0.25, 0.3) is 0 Å². The summed E-state index contributed by atoms with van der Waals surface area (Å²) in [7, 11) is -3.58. The fourth-order valence-corrected chi connectivity index (χ4v) is 4.29. The van der Waals surface area contributed by atoms with Gasteiger partial charge < -0.3 is 5.32 Å². The molecular weight excluding hydrogens is 346 g/mol. The van der Waals surface area contributed by atoms with E-state index in [0.717, 1.165) is 15.6 Å². The summed E-state index contributed by atoms with van der Waals surface area (Å²) in [5.41, 5.74) is 0.912. The number of carbonyl (C=O) groups is 1. The number of carbonyl (C=O) groups excluding carboxylic acids is 1. The molecule has 2 rings (SSSR count). The number of amides is 1. The van der Waals surface area contributed by atoms with Crippen LogP contribution in [0.2, 0.25) is 0 Å². The summed E-state index contributed by atoms with van der Waals surface area (Å²) in [6.07, 6.45) is 0.0766. The standard InChI is InChI=1S/C16H21N3O3S2/c1-11-16(23-13(3)18-11)12(2)19-15(20)9-10-17-24(21,22)14-7-5-4-6-8-14/h4-8,12,17H,9-10H2,1-3H3,(H,19,20). The molecule has 1 atom stereocenters. The second-order valence-corrected chi connectivity index (χ2v) is 8.43. The van der Waals surface area contributed by atoms with Gasteiger partial charge in [-0.3, -0.25) is 4.79 Å². The molecule has 1 amide bonds. The number of sulfonamides is 1. The Morgan fingerprint density at radius 3 is 2.50 bits per heavy atom. The van der Waals surface area contributed by atoms with E-state index in [1.165, 1.54) is 12.1 Å². The molecule has 1 heterocycles. The number of benzene rings is 1. The highest BCUT2D eigenvalue weighted by atomic mass is 32.2. The monoisotopic (exact) mass is 367 g/mol. The van der Waals surface area contributed by atoms with E-state index in [1.54, 1.807) is 29.5 Å². The number of thiazole rings is 1. The van der Waals surface area contributed by atoms with Crippen molar-refractivity contribution in [1.29, 1.82) is 0 Å². The summed E-state index contributed by atoms with van der Waals surface area (Å²) >= 11 is 1.55. The van der Waals surface area contributed by atoms with Gasteiger partial charge in [0.25, 0.3) is 0 Å². The van der Waals surface area contributed by atoms with Crippen molar-refractivity contribution in [3.8, 4) is 0 Å². The van der Waals surface area contributed by atoms with Gasteiger partial charge in [0.15, 0.2) is 0 Å². The molecule has 0 saturated heterocycles. The van der Waals surface area contributed by atoms with E-state index in [9.17, 15) is 13.2 Å². The Kier molecular flexibility index (Phi) is 6.09. The number of rotatable bonds is 7. The highest BCUT2D eigenvalue weighted by molar-refractivity contribution is 7.89. The van der Waals surface area contributed by atoms with Gasteiger partial charge in [0.1, 0.15) is 0 Å². The minimum atomic E-state index is -3.58. The number of aromatic nitrogens is 1. The molecule has 0 aliphatic rings. The molecular formula is C16H21N3O3S2. The molecule has 0 spiro atoms. The molecule has 24 heavy (non-hydrogen) atoms. The summed E-state index contributed by atoms with van der Waals surface area (Å²) in [5.74, 6) is -0.205. The van der Waals surface area contributed by atoms with Crippen LogP contribution in [-0.2, 0) is 14.8 Å². The van der Waals surface area contributed by atoms with Gasteiger partial charge >= 0.3 is 0 Å². The number of hydrogen-bond donors (Lipinski definition) is 2. The van der Waals surface area contributed by atoms with E-state index in [0.29, 0.717) is 0 Å². The summed E-state index contributed by atoms with van der Waals surface area (Å²) in [6.45, 7) is 5.78. The lowest BCUT2D eigenvalue weighted by Crippen LogP contribution is -2.32. The number of hydrogen-bond acceptors (Lipinski definition) is 5. The smallest absolute Gasteiger partial charge is 0.240 e. The summed E-state index contributed by atoms with van der Waals surface area (Å²) in [6, 6.07) is 7.94. The van der Waals surface area contributed by atoms with Gasteiger partial charge in [-0.25, -0.2) is 18.1 Å². The first-order chi connectivity index (χ1) is 11.3. The Labute approximate surface area is 146 Å². The zero-order valence-corrected chi connectivity index (χ0v) is 15.5. The maximum absolute atomic E-state index is 12.1. The molecule has 8 heteroatoms. The molecule has 130 valence electrons. The Bertz CT molecular complexity index is 801. The van der Waals surface area contributed by atoms with Crippen LogP contribution in [0.3, 0.4) is 0 Å². The third kappa shape index (κ3) is 4.86. The summed E-state index contributed by atoms with van der Waals surface area (Å²) in [5, 5.41) is 3.83. The van der Waals surface area contributed by atoms with Crippen LogP contribution in [0, 0.1) is 13.8 Å². The topological polar surface area (TPSA) is 88.2 Å². The lowest BCUT2D eigenvalue weighted by molar-refractivity contribution is -0.121. The number of nitrogens with zero attached hydrogens (tertiary/aromatic N) is 1. The predicted molar refractivity (Wildman–Crippen MR) is 94.4 cm³/mol. The molecule has 0 bridgehead atoms. The van der Waals surface area contributed by atoms with Crippen molar-refractivity contribution < 1.29 is 13.2 Å². The fraction of sp³-hybridized carbons (Fsp3) is 0.375. The Balaban J connectivity index is 1.84. The quantitative estimate of drug-likeness (QED) is 0.786. The zero-order chi connectivity index (χ0) is 17.7. The SMILES string of the molecule is Cc1nc(C)c(C(C)NC(=O)CCNS(=O)(=O)c2ccccc2)s1. The summed E-state index contributed by atoms with van der Waals surface area (Å²) in [4.78, 5) is 17.6. The van der Waals surface area contributed by atoms with Gasteiger partial charge in [0.05, 0.1) is 21.6 Å². The highest BCUT2D eigenvalue weighted by Crippen LogP contribution is 2.24. The third-order valence-corrected chi connectivity index (χ3v) is 6.14. The Morgan fingerprint density at radius 2 is 1.92 bits per heavy atom. The van der Waals surface area contributed by atoms with Crippen LogP contribution in [-0.4, -0.2) is 25.9 Å². The lowest BCUT2D eigenvalue weighted by atomic mass is 10.2. The molecule has 1 aromatic heterocycles. The first kappa shape index (κ1) is 18.6. The van der Waals surface area contributed by atoms with E-state index in [2.05, 4.69) is 15.0 Å². The van der Waals surface area contributed by atoms with Gasteiger partial charge in [-0.2, -0.15) is 0 Å². The number of nitrogens with one attached hydrogen (secondary N) is 2. The first-order valence-electron chi connectivity index (χ1n) is 7.57. The van der Waals surface area contributed by atoms with Gasteiger partial charge in [-0.05, 0) is 32.9 Å².